The van der Waals surface area contributed by atoms with Gasteiger partial charge in [-0.25, -0.2) is 0 Å². The van der Waals surface area contributed by atoms with Crippen LogP contribution in [0.5, 0.6) is 5.75 Å². The summed E-state index contributed by atoms with van der Waals surface area (Å²) in [6.45, 7) is 3.90. The van der Waals surface area contributed by atoms with Crippen LogP contribution in [0.15, 0.2) is 54.6 Å². The van der Waals surface area contributed by atoms with E-state index >= 15 is 0 Å². The molecular formula is C27H36N2O3. The highest BCUT2D eigenvalue weighted by atomic mass is 16.5. The first-order valence-electron chi connectivity index (χ1n) is 11.9. The van der Waals surface area contributed by atoms with Crippen molar-refractivity contribution in [1.82, 2.24) is 9.80 Å². The van der Waals surface area contributed by atoms with Crippen LogP contribution in [0.1, 0.15) is 61.4 Å². The minimum atomic E-state index is -0.0802. The molecule has 0 saturated carbocycles. The summed E-state index contributed by atoms with van der Waals surface area (Å²) in [5, 5.41) is 0. The van der Waals surface area contributed by atoms with E-state index < -0.39 is 0 Å². The number of hydrogen-bond donors (Lipinski definition) is 0. The normalized spacial score (nSPS) is 18.1. The Bertz CT molecular complexity index is 868. The van der Waals surface area contributed by atoms with Gasteiger partial charge in [-0.05, 0) is 49.8 Å². The van der Waals surface area contributed by atoms with Crippen LogP contribution in [0, 0.1) is 0 Å². The van der Waals surface area contributed by atoms with Crippen LogP contribution >= 0.6 is 0 Å². The number of carbonyl (C=O) groups is 2. The Labute approximate surface area is 192 Å². The van der Waals surface area contributed by atoms with Crippen LogP contribution < -0.4 is 4.74 Å². The van der Waals surface area contributed by atoms with E-state index in [0.29, 0.717) is 30.9 Å². The molecule has 0 aliphatic carbocycles. The molecule has 1 aliphatic rings. The smallest absolute Gasteiger partial charge is 0.257 e. The third-order valence-electron chi connectivity index (χ3n) is 6.11. The molecular weight excluding hydrogens is 400 g/mol. The lowest BCUT2D eigenvalue weighted by Crippen LogP contribution is -2.45. The number of carbonyl (C=O) groups excluding carboxylic acids is 2. The quantitative estimate of drug-likeness (QED) is 0.666. The summed E-state index contributed by atoms with van der Waals surface area (Å²) in [5.41, 5.74) is 1.76. The van der Waals surface area contributed by atoms with Crippen molar-refractivity contribution >= 4 is 11.8 Å². The molecule has 2 amide bonds. The summed E-state index contributed by atoms with van der Waals surface area (Å²) < 4.78 is 6.25. The molecule has 2 aromatic carbocycles. The van der Waals surface area contributed by atoms with Gasteiger partial charge < -0.3 is 14.5 Å². The van der Waals surface area contributed by atoms with Gasteiger partial charge in [0.2, 0.25) is 5.91 Å². The minimum Gasteiger partial charge on any atom is -0.491 e. The van der Waals surface area contributed by atoms with Crippen molar-refractivity contribution in [3.8, 4) is 5.75 Å². The summed E-state index contributed by atoms with van der Waals surface area (Å²) in [6.07, 6.45) is 6.03. The lowest BCUT2D eigenvalue weighted by Gasteiger charge is -2.32. The van der Waals surface area contributed by atoms with Gasteiger partial charge in [0.25, 0.3) is 5.91 Å². The fraction of sp³-hybridized carbons (Fsp3) is 0.481. The van der Waals surface area contributed by atoms with Gasteiger partial charge in [0.05, 0.1) is 11.6 Å². The fourth-order valence-electron chi connectivity index (χ4n) is 4.20. The zero-order valence-electron chi connectivity index (χ0n) is 19.5. The van der Waals surface area contributed by atoms with Gasteiger partial charge in [0.1, 0.15) is 12.4 Å². The summed E-state index contributed by atoms with van der Waals surface area (Å²) in [5.74, 6) is 0.769. The van der Waals surface area contributed by atoms with E-state index in [-0.39, 0.29) is 17.9 Å². The standard InChI is InChI=1S/C27H36N2O3/c1-3-4-17-26(30)29-19-12-6-11-18-28(2)27(31)24-15-9-10-16-25(24)32-21-23(29)20-22-13-7-5-8-14-22/h5,7-10,13-16,23H,3-4,6,11-12,17-21H2,1-2H3/t23-/m1/s1. The number of nitrogens with zero attached hydrogens (tertiary/aromatic N) is 2. The first kappa shape index (κ1) is 23.8. The molecule has 3 rings (SSSR count). The molecule has 0 bridgehead atoms. The average molecular weight is 437 g/mol. The summed E-state index contributed by atoms with van der Waals surface area (Å²) >= 11 is 0. The number of fused-ring (bicyclic) bond motifs is 1. The van der Waals surface area contributed by atoms with Crippen molar-refractivity contribution < 1.29 is 14.3 Å². The van der Waals surface area contributed by atoms with Crippen molar-refractivity contribution in [2.75, 3.05) is 26.7 Å². The molecule has 0 aromatic heterocycles. The maximum absolute atomic E-state index is 13.2. The van der Waals surface area contributed by atoms with Gasteiger partial charge in [0.15, 0.2) is 0 Å². The van der Waals surface area contributed by atoms with E-state index in [9.17, 15) is 9.59 Å². The van der Waals surface area contributed by atoms with Crippen molar-refractivity contribution in [1.29, 1.82) is 0 Å². The number of ether oxygens (including phenoxy) is 1. The summed E-state index contributed by atoms with van der Waals surface area (Å²) in [6, 6.07) is 17.6. The van der Waals surface area contributed by atoms with Crippen LogP contribution in [-0.2, 0) is 11.2 Å². The molecule has 0 unspecified atom stereocenters. The molecule has 1 atom stereocenters. The van der Waals surface area contributed by atoms with Crippen molar-refractivity contribution in [2.24, 2.45) is 0 Å². The number of rotatable bonds is 5. The van der Waals surface area contributed by atoms with E-state index in [0.717, 1.165) is 45.1 Å². The van der Waals surface area contributed by atoms with Crippen molar-refractivity contribution in [3.05, 3.63) is 65.7 Å². The molecule has 0 fully saturated rings. The Morgan fingerprint density at radius 3 is 2.50 bits per heavy atom. The molecule has 32 heavy (non-hydrogen) atoms. The van der Waals surface area contributed by atoms with Gasteiger partial charge in [-0.2, -0.15) is 0 Å². The lowest BCUT2D eigenvalue weighted by molar-refractivity contribution is -0.134. The molecule has 0 radical (unpaired) electrons. The predicted octanol–water partition coefficient (Wildman–Crippen LogP) is 4.95. The second-order valence-electron chi connectivity index (χ2n) is 8.63. The second-order valence-corrected chi connectivity index (χ2v) is 8.63. The molecule has 172 valence electrons. The molecule has 1 heterocycles. The monoisotopic (exact) mass is 436 g/mol. The molecule has 0 saturated heterocycles. The highest BCUT2D eigenvalue weighted by molar-refractivity contribution is 5.96. The van der Waals surface area contributed by atoms with E-state index in [1.54, 1.807) is 4.90 Å². The van der Waals surface area contributed by atoms with Gasteiger partial charge in [0, 0.05) is 26.6 Å². The van der Waals surface area contributed by atoms with E-state index in [4.69, 9.17) is 4.74 Å². The SMILES string of the molecule is CCCCC(=O)N1CCCCCN(C)C(=O)c2ccccc2OC[C@H]1Cc1ccccc1. The average Bonchev–Trinajstić information content (AvgIpc) is 2.83. The third kappa shape index (κ3) is 6.59. The summed E-state index contributed by atoms with van der Waals surface area (Å²) in [7, 11) is 1.84. The van der Waals surface area contributed by atoms with Crippen LogP contribution in [0.2, 0.25) is 0 Å². The van der Waals surface area contributed by atoms with Crippen molar-refractivity contribution in [3.63, 3.8) is 0 Å². The van der Waals surface area contributed by atoms with Gasteiger partial charge in [-0.15, -0.1) is 0 Å². The molecule has 5 nitrogen and oxygen atoms in total. The number of unbranched alkanes of at least 4 members (excludes halogenated alkanes) is 1. The molecule has 0 spiro atoms. The number of amides is 2. The van der Waals surface area contributed by atoms with Crippen LogP contribution in [0.25, 0.3) is 0 Å². The Balaban J connectivity index is 1.90. The lowest BCUT2D eigenvalue weighted by atomic mass is 10.0. The molecule has 2 aromatic rings. The number of hydrogen-bond acceptors (Lipinski definition) is 3. The zero-order chi connectivity index (χ0) is 22.8. The first-order chi connectivity index (χ1) is 15.6. The van der Waals surface area contributed by atoms with Gasteiger partial charge in [-0.1, -0.05) is 55.8 Å². The molecule has 1 aliphatic heterocycles. The highest BCUT2D eigenvalue weighted by Crippen LogP contribution is 2.22. The maximum atomic E-state index is 13.2. The van der Waals surface area contributed by atoms with E-state index in [1.165, 1.54) is 5.56 Å². The molecule has 0 N–H and O–H groups in total. The maximum Gasteiger partial charge on any atom is 0.257 e. The Hall–Kier alpha value is -2.82. The van der Waals surface area contributed by atoms with Crippen LogP contribution in [0.4, 0.5) is 0 Å². The first-order valence-corrected chi connectivity index (χ1v) is 11.9. The molecule has 5 heteroatoms. The topological polar surface area (TPSA) is 49.9 Å². The Morgan fingerprint density at radius 1 is 1.00 bits per heavy atom. The second kappa shape index (κ2) is 12.3. The fourth-order valence-corrected chi connectivity index (χ4v) is 4.20. The van der Waals surface area contributed by atoms with E-state index in [1.807, 2.05) is 54.4 Å². The van der Waals surface area contributed by atoms with Crippen molar-refractivity contribution in [2.45, 2.75) is 57.9 Å². The predicted molar refractivity (Wildman–Crippen MR) is 128 cm³/mol. The third-order valence-corrected chi connectivity index (χ3v) is 6.11. The Morgan fingerprint density at radius 2 is 1.72 bits per heavy atom. The van der Waals surface area contributed by atoms with Gasteiger partial charge >= 0.3 is 0 Å². The van der Waals surface area contributed by atoms with E-state index in [2.05, 4.69) is 19.1 Å². The number of benzene rings is 2. The number of para-hydroxylation sites is 1. The minimum absolute atomic E-state index is 0.0182. The van der Waals surface area contributed by atoms with Crippen LogP contribution in [0.3, 0.4) is 0 Å². The largest absolute Gasteiger partial charge is 0.491 e. The van der Waals surface area contributed by atoms with Crippen LogP contribution in [-0.4, -0.2) is 54.4 Å². The highest BCUT2D eigenvalue weighted by Gasteiger charge is 2.26. The Kier molecular flexibility index (Phi) is 9.14. The summed E-state index contributed by atoms with van der Waals surface area (Å²) in [4.78, 5) is 30.0. The van der Waals surface area contributed by atoms with Gasteiger partial charge in [-0.3, -0.25) is 9.59 Å². The zero-order valence-corrected chi connectivity index (χ0v) is 19.5.